The minimum atomic E-state index is -4.07. The lowest BCUT2D eigenvalue weighted by Crippen LogP contribution is -2.52. The largest absolute Gasteiger partial charge is 0.353 e. The number of aromatic nitrogens is 5. The fraction of sp³-hybridized carbons (Fsp3) is 0.417. The molecule has 4 heterocycles. The van der Waals surface area contributed by atoms with Gasteiger partial charge in [-0.2, -0.15) is 15.2 Å². The molecule has 6 rings (SSSR count). The number of sulfonamides is 1. The van der Waals surface area contributed by atoms with Crippen LogP contribution in [0.15, 0.2) is 29.4 Å². The molecule has 1 aromatic carbocycles. The molecular weight excluding hydrogens is 562 g/mol. The van der Waals surface area contributed by atoms with Crippen LogP contribution in [0.25, 0.3) is 27.1 Å². The van der Waals surface area contributed by atoms with Gasteiger partial charge in [0.25, 0.3) is 6.43 Å². The summed E-state index contributed by atoms with van der Waals surface area (Å²) >= 11 is 0.684. The van der Waals surface area contributed by atoms with Crippen LogP contribution in [0.2, 0.25) is 0 Å². The van der Waals surface area contributed by atoms with Gasteiger partial charge in [0, 0.05) is 31.1 Å². The van der Waals surface area contributed by atoms with Crippen LogP contribution in [-0.2, 0) is 10.0 Å². The van der Waals surface area contributed by atoms with Gasteiger partial charge in [-0.05, 0) is 31.9 Å². The first-order valence-corrected chi connectivity index (χ1v) is 14.7. The van der Waals surface area contributed by atoms with E-state index in [2.05, 4.69) is 40.8 Å². The van der Waals surface area contributed by atoms with E-state index in [1.165, 1.54) is 23.0 Å². The SMILES string of the molecule is C[C@H]1CN(c2ncnc3c2c2ccc(S(=O)(=O)NC4(C#N)CC4)cc2n3-c2nnc(C(F)F)s2)CCN1CC#N. The lowest BCUT2D eigenvalue weighted by molar-refractivity contribution is 0.150. The van der Waals surface area contributed by atoms with Crippen molar-refractivity contribution in [3.05, 3.63) is 29.5 Å². The molecule has 0 bridgehead atoms. The summed E-state index contributed by atoms with van der Waals surface area (Å²) in [6.07, 6.45) is -0.606. The normalized spacial score (nSPS) is 19.2. The Morgan fingerprint density at radius 2 is 2.02 bits per heavy atom. The predicted octanol–water partition coefficient (Wildman–Crippen LogP) is 2.73. The third-order valence-corrected chi connectivity index (χ3v) is 9.70. The van der Waals surface area contributed by atoms with Crippen molar-refractivity contribution in [1.82, 2.24) is 34.4 Å². The Kier molecular flexibility index (Phi) is 6.38. The van der Waals surface area contributed by atoms with Crippen molar-refractivity contribution in [1.29, 1.82) is 10.5 Å². The summed E-state index contributed by atoms with van der Waals surface area (Å²) in [7, 11) is -4.07. The Balaban J connectivity index is 1.54. The minimum absolute atomic E-state index is 0.0706. The van der Waals surface area contributed by atoms with E-state index in [0.29, 0.717) is 78.1 Å². The van der Waals surface area contributed by atoms with Crippen LogP contribution >= 0.6 is 11.3 Å². The van der Waals surface area contributed by atoms with Gasteiger partial charge in [-0.15, -0.1) is 10.2 Å². The van der Waals surface area contributed by atoms with Gasteiger partial charge in [-0.3, -0.25) is 9.47 Å². The topological polar surface area (TPSA) is 157 Å². The van der Waals surface area contributed by atoms with Crippen LogP contribution in [0.3, 0.4) is 0 Å². The van der Waals surface area contributed by atoms with Crippen molar-refractivity contribution < 1.29 is 17.2 Å². The maximum atomic E-state index is 13.4. The number of nitrogens with zero attached hydrogens (tertiary/aromatic N) is 9. The van der Waals surface area contributed by atoms with Crippen molar-refractivity contribution in [2.45, 2.75) is 42.7 Å². The molecular formula is C24H22F2N10O2S2. The lowest BCUT2D eigenvalue weighted by atomic mass is 10.1. The number of halogens is 2. The Labute approximate surface area is 231 Å². The fourth-order valence-corrected chi connectivity index (χ4v) is 7.11. The van der Waals surface area contributed by atoms with E-state index < -0.39 is 27.0 Å². The number of nitriles is 2. The number of piperazine rings is 1. The maximum absolute atomic E-state index is 13.4. The highest BCUT2D eigenvalue weighted by Crippen LogP contribution is 2.40. The van der Waals surface area contributed by atoms with E-state index in [0.717, 1.165) is 0 Å². The van der Waals surface area contributed by atoms with Crippen LogP contribution in [0.1, 0.15) is 31.2 Å². The zero-order valence-corrected chi connectivity index (χ0v) is 22.8. The van der Waals surface area contributed by atoms with Crippen LogP contribution in [0.4, 0.5) is 14.6 Å². The molecule has 12 nitrogen and oxygen atoms in total. The van der Waals surface area contributed by atoms with Gasteiger partial charge < -0.3 is 4.90 Å². The summed E-state index contributed by atoms with van der Waals surface area (Å²) < 4.78 is 57.3. The highest BCUT2D eigenvalue weighted by atomic mass is 32.2. The molecule has 1 N–H and O–H groups in total. The molecule has 0 spiro atoms. The van der Waals surface area contributed by atoms with Crippen molar-refractivity contribution >= 4 is 49.1 Å². The molecule has 0 radical (unpaired) electrons. The van der Waals surface area contributed by atoms with Gasteiger partial charge in [0.15, 0.2) is 10.7 Å². The van der Waals surface area contributed by atoms with Crippen LogP contribution in [-0.4, -0.2) is 75.8 Å². The lowest BCUT2D eigenvalue weighted by Gasteiger charge is -2.39. The molecule has 1 aliphatic heterocycles. The van der Waals surface area contributed by atoms with Gasteiger partial charge >= 0.3 is 0 Å². The molecule has 1 saturated carbocycles. The van der Waals surface area contributed by atoms with Gasteiger partial charge in [0.2, 0.25) is 15.2 Å². The average molecular weight is 585 g/mol. The second-order valence-corrected chi connectivity index (χ2v) is 12.5. The van der Waals surface area contributed by atoms with E-state index >= 15 is 0 Å². The molecule has 2 fully saturated rings. The van der Waals surface area contributed by atoms with Crippen LogP contribution in [0.5, 0.6) is 0 Å². The molecule has 2 aliphatic rings. The van der Waals surface area contributed by atoms with Crippen molar-refractivity contribution in [2.75, 3.05) is 31.1 Å². The number of benzene rings is 1. The number of nitrogens with one attached hydrogen (secondary N) is 1. The monoisotopic (exact) mass is 584 g/mol. The predicted molar refractivity (Wildman–Crippen MR) is 142 cm³/mol. The van der Waals surface area contributed by atoms with Crippen LogP contribution in [0, 0.1) is 22.7 Å². The molecule has 206 valence electrons. The van der Waals surface area contributed by atoms with Crippen molar-refractivity contribution in [3.8, 4) is 17.3 Å². The van der Waals surface area contributed by atoms with Crippen molar-refractivity contribution in [3.63, 3.8) is 0 Å². The van der Waals surface area contributed by atoms with E-state index in [-0.39, 0.29) is 16.1 Å². The van der Waals surface area contributed by atoms with Gasteiger partial charge in [0.1, 0.15) is 17.7 Å². The highest BCUT2D eigenvalue weighted by Gasteiger charge is 2.47. The van der Waals surface area contributed by atoms with E-state index in [1.54, 1.807) is 6.07 Å². The van der Waals surface area contributed by atoms with E-state index in [1.807, 2.05) is 13.0 Å². The first-order chi connectivity index (χ1) is 19.2. The summed E-state index contributed by atoms with van der Waals surface area (Å²) in [6, 6.07) is 8.77. The molecule has 3 aromatic heterocycles. The summed E-state index contributed by atoms with van der Waals surface area (Å²) in [6.45, 7) is 4.15. The average Bonchev–Trinajstić information content (AvgIpc) is 3.37. The molecule has 1 aliphatic carbocycles. The molecule has 1 atom stereocenters. The van der Waals surface area contributed by atoms with Crippen LogP contribution < -0.4 is 9.62 Å². The first kappa shape index (κ1) is 26.4. The van der Waals surface area contributed by atoms with Gasteiger partial charge in [-0.25, -0.2) is 27.2 Å². The van der Waals surface area contributed by atoms with E-state index in [4.69, 9.17) is 5.26 Å². The number of hydrogen-bond donors (Lipinski definition) is 1. The fourth-order valence-electron chi connectivity index (χ4n) is 5.00. The highest BCUT2D eigenvalue weighted by molar-refractivity contribution is 7.89. The quantitative estimate of drug-likeness (QED) is 0.320. The smallest absolute Gasteiger partial charge is 0.291 e. The summed E-state index contributed by atoms with van der Waals surface area (Å²) in [4.78, 5) is 13.1. The molecule has 16 heteroatoms. The third kappa shape index (κ3) is 4.43. The first-order valence-electron chi connectivity index (χ1n) is 12.4. The number of hydrogen-bond acceptors (Lipinski definition) is 11. The number of fused-ring (bicyclic) bond motifs is 3. The second-order valence-electron chi connectivity index (χ2n) is 9.86. The van der Waals surface area contributed by atoms with Gasteiger partial charge in [0.05, 0.1) is 34.5 Å². The maximum Gasteiger partial charge on any atom is 0.291 e. The second kappa shape index (κ2) is 9.67. The molecule has 4 aromatic rings. The number of anilines is 1. The standard InChI is InChI=1S/C24H22F2N10O2S2/c1-14-11-35(9-8-34(14)7-6-27)20-18-16-3-2-15(40(37,38)33-24(12-28)4-5-24)10-17(16)36(21(18)30-13-29-20)23-32-31-22(39-23)19(25)26/h2-3,10,13-14,19,33H,4-5,7-9,11H2,1H3/t14-/m0/s1. The molecule has 40 heavy (non-hydrogen) atoms. The summed E-state index contributed by atoms with van der Waals surface area (Å²) in [5.74, 6) is 0.603. The summed E-state index contributed by atoms with van der Waals surface area (Å²) in [5, 5.41) is 27.0. The third-order valence-electron chi connectivity index (χ3n) is 7.25. The van der Waals surface area contributed by atoms with Crippen molar-refractivity contribution in [2.24, 2.45) is 0 Å². The van der Waals surface area contributed by atoms with E-state index in [9.17, 15) is 22.5 Å². The Bertz CT molecular complexity index is 1820. The Morgan fingerprint density at radius 1 is 1.23 bits per heavy atom. The molecule has 0 amide bonds. The van der Waals surface area contributed by atoms with Gasteiger partial charge in [-0.1, -0.05) is 17.4 Å². The summed E-state index contributed by atoms with van der Waals surface area (Å²) in [5.41, 5.74) is -0.383. The molecule has 1 saturated heterocycles. The number of rotatable bonds is 7. The Morgan fingerprint density at radius 3 is 2.67 bits per heavy atom. The molecule has 0 unspecified atom stereocenters. The minimum Gasteiger partial charge on any atom is -0.353 e. The zero-order chi connectivity index (χ0) is 28.2. The Hall–Kier alpha value is -3.83. The zero-order valence-electron chi connectivity index (χ0n) is 21.1. The number of alkyl halides is 2.